The quantitative estimate of drug-likeness (QED) is 0.496. The van der Waals surface area contributed by atoms with Crippen molar-refractivity contribution in [2.75, 3.05) is 20.2 Å². The number of fused-ring (bicyclic) bond motifs is 1. The molecule has 1 saturated carbocycles. The van der Waals surface area contributed by atoms with Gasteiger partial charge in [0.25, 0.3) is 0 Å². The van der Waals surface area contributed by atoms with Crippen molar-refractivity contribution in [3.05, 3.63) is 102 Å². The van der Waals surface area contributed by atoms with Gasteiger partial charge in [-0.2, -0.15) is 0 Å². The molecule has 4 aliphatic rings. The summed E-state index contributed by atoms with van der Waals surface area (Å²) in [7, 11) is 1.78. The van der Waals surface area contributed by atoms with E-state index in [0.717, 1.165) is 30.0 Å². The van der Waals surface area contributed by atoms with Gasteiger partial charge in [0.2, 0.25) is 0 Å². The van der Waals surface area contributed by atoms with Crippen LogP contribution in [0.1, 0.15) is 41.9 Å². The minimum atomic E-state index is 0.362. The maximum Gasteiger partial charge on any atom is 0.123 e. The highest BCUT2D eigenvalue weighted by Gasteiger charge is 2.55. The van der Waals surface area contributed by atoms with E-state index >= 15 is 0 Å². The van der Waals surface area contributed by atoms with Gasteiger partial charge in [0.15, 0.2) is 0 Å². The molecule has 3 heteroatoms. The molecule has 3 aromatic rings. The van der Waals surface area contributed by atoms with Crippen molar-refractivity contribution >= 4 is 0 Å². The van der Waals surface area contributed by atoms with Crippen LogP contribution in [0, 0.1) is 17.8 Å². The van der Waals surface area contributed by atoms with Crippen molar-refractivity contribution in [3.8, 4) is 5.75 Å². The first-order chi connectivity index (χ1) is 16.8. The Morgan fingerprint density at radius 1 is 0.824 bits per heavy atom. The van der Waals surface area contributed by atoms with Gasteiger partial charge in [-0.05, 0) is 47.8 Å². The summed E-state index contributed by atoms with van der Waals surface area (Å²) < 4.78 is 5.68. The number of hydrogen-bond acceptors (Lipinski definition) is 3. The molecule has 4 atom stereocenters. The topological polar surface area (TPSA) is 24.5 Å². The minimum absolute atomic E-state index is 0.362. The lowest BCUT2D eigenvalue weighted by molar-refractivity contribution is -0.0976. The van der Waals surface area contributed by atoms with Crippen LogP contribution in [-0.2, 0) is 6.54 Å². The molecule has 0 aromatic heterocycles. The summed E-state index contributed by atoms with van der Waals surface area (Å²) in [4.78, 5) is 2.86. The number of rotatable bonds is 7. The zero-order chi connectivity index (χ0) is 22.9. The number of para-hydroxylation sites is 1. The third-order valence-electron chi connectivity index (χ3n) is 8.76. The molecule has 3 heterocycles. The minimum Gasteiger partial charge on any atom is -0.496 e. The van der Waals surface area contributed by atoms with Crippen LogP contribution in [0.3, 0.4) is 0 Å². The van der Waals surface area contributed by atoms with E-state index in [1.165, 1.54) is 49.0 Å². The Kier molecular flexibility index (Phi) is 6.15. The molecule has 176 valence electrons. The first-order valence-electron chi connectivity index (χ1n) is 13.0. The Morgan fingerprint density at radius 2 is 1.41 bits per heavy atom. The molecule has 0 radical (unpaired) electrons. The molecule has 3 saturated heterocycles. The molecule has 4 fully saturated rings. The van der Waals surface area contributed by atoms with E-state index in [-0.39, 0.29) is 0 Å². The fourth-order valence-corrected chi connectivity index (χ4v) is 7.46. The van der Waals surface area contributed by atoms with E-state index < -0.39 is 0 Å². The van der Waals surface area contributed by atoms with E-state index in [1.807, 2.05) is 0 Å². The highest BCUT2D eigenvalue weighted by atomic mass is 16.5. The summed E-state index contributed by atoms with van der Waals surface area (Å²) >= 11 is 0. The van der Waals surface area contributed by atoms with Crippen LogP contribution in [0.2, 0.25) is 0 Å². The maximum absolute atomic E-state index is 5.68. The number of methoxy groups -OCH3 is 1. The number of nitrogens with zero attached hydrogens (tertiary/aromatic N) is 1. The highest BCUT2D eigenvalue weighted by Crippen LogP contribution is 2.51. The summed E-state index contributed by atoms with van der Waals surface area (Å²) in [6, 6.07) is 31.8. The lowest BCUT2D eigenvalue weighted by Crippen LogP contribution is -2.71. The second kappa shape index (κ2) is 9.56. The highest BCUT2D eigenvalue weighted by molar-refractivity contribution is 5.37. The fraction of sp³-hybridized carbons (Fsp3) is 0.419. The van der Waals surface area contributed by atoms with Gasteiger partial charge >= 0.3 is 0 Å². The monoisotopic (exact) mass is 452 g/mol. The van der Waals surface area contributed by atoms with Gasteiger partial charge in [0.1, 0.15) is 5.75 Å². The smallest absolute Gasteiger partial charge is 0.123 e. The number of ether oxygens (including phenoxy) is 1. The zero-order valence-electron chi connectivity index (χ0n) is 20.1. The van der Waals surface area contributed by atoms with Crippen LogP contribution in [0.25, 0.3) is 0 Å². The number of nitrogens with one attached hydrogen (secondary N) is 1. The number of piperidine rings is 3. The van der Waals surface area contributed by atoms with Gasteiger partial charge < -0.3 is 10.1 Å². The van der Waals surface area contributed by atoms with Gasteiger partial charge in [-0.1, -0.05) is 85.3 Å². The number of hydrogen-bond donors (Lipinski definition) is 1. The Bertz CT molecular complexity index is 1030. The lowest BCUT2D eigenvalue weighted by Gasteiger charge is -2.62. The molecule has 2 unspecified atom stereocenters. The third kappa shape index (κ3) is 3.95. The van der Waals surface area contributed by atoms with Crippen molar-refractivity contribution in [1.82, 2.24) is 10.2 Å². The van der Waals surface area contributed by atoms with E-state index in [9.17, 15) is 0 Å². The zero-order valence-corrected chi connectivity index (χ0v) is 20.1. The first kappa shape index (κ1) is 21.9. The molecule has 3 aliphatic heterocycles. The Hall–Kier alpha value is -2.62. The van der Waals surface area contributed by atoms with E-state index in [2.05, 4.69) is 95.1 Å². The normalized spacial score (nSPS) is 29.8. The maximum atomic E-state index is 5.68. The molecule has 0 spiro atoms. The van der Waals surface area contributed by atoms with Crippen LogP contribution in [0.15, 0.2) is 84.9 Å². The van der Waals surface area contributed by atoms with E-state index in [1.54, 1.807) is 7.11 Å². The van der Waals surface area contributed by atoms with Crippen molar-refractivity contribution in [2.45, 2.75) is 43.8 Å². The largest absolute Gasteiger partial charge is 0.496 e. The summed E-state index contributed by atoms with van der Waals surface area (Å²) in [5, 5.41) is 4.12. The summed E-state index contributed by atoms with van der Waals surface area (Å²) in [6.45, 7) is 3.37. The van der Waals surface area contributed by atoms with Crippen molar-refractivity contribution in [2.24, 2.45) is 17.8 Å². The van der Waals surface area contributed by atoms with E-state index in [0.29, 0.717) is 18.0 Å². The van der Waals surface area contributed by atoms with Crippen LogP contribution >= 0.6 is 0 Å². The van der Waals surface area contributed by atoms with Crippen molar-refractivity contribution < 1.29 is 4.74 Å². The molecule has 0 amide bonds. The predicted octanol–water partition coefficient (Wildman–Crippen LogP) is 5.72. The number of benzene rings is 3. The van der Waals surface area contributed by atoms with Crippen LogP contribution in [0.5, 0.6) is 5.75 Å². The molecule has 3 nitrogen and oxygen atoms in total. The second-order valence-electron chi connectivity index (χ2n) is 10.5. The SMILES string of the molecule is COc1ccccc1CN[C@@H]1C2C3CCCC2CN(C3)[C@@H]1C(c1ccccc1)c1ccccc1. The van der Waals surface area contributed by atoms with Gasteiger partial charge in [0, 0.05) is 43.2 Å². The Labute approximate surface area is 204 Å². The fourth-order valence-electron chi connectivity index (χ4n) is 7.46. The summed E-state index contributed by atoms with van der Waals surface area (Å²) in [5.41, 5.74) is 4.11. The third-order valence-corrected chi connectivity index (χ3v) is 8.76. The van der Waals surface area contributed by atoms with Crippen LogP contribution < -0.4 is 10.1 Å². The van der Waals surface area contributed by atoms with Crippen molar-refractivity contribution in [1.29, 1.82) is 0 Å². The lowest BCUT2D eigenvalue weighted by atomic mass is 9.58. The van der Waals surface area contributed by atoms with Gasteiger partial charge in [-0.25, -0.2) is 0 Å². The summed E-state index contributed by atoms with van der Waals surface area (Å²) in [6.07, 6.45) is 4.18. The summed E-state index contributed by atoms with van der Waals surface area (Å²) in [5.74, 6) is 3.75. The average molecular weight is 453 g/mol. The standard InChI is InChI=1S/C31H36N2O/c1-34-27-18-9-8-15-24(27)19-32-30-28-25-16-10-17-26(28)21-33(20-25)31(30)29(22-11-4-2-5-12-22)23-13-6-3-7-14-23/h2-9,11-15,18,25-26,28-32H,10,16-17,19-21H2,1H3/t25?,26?,28?,30-,31-/m1/s1. The van der Waals surface area contributed by atoms with Gasteiger partial charge in [-0.15, -0.1) is 0 Å². The Morgan fingerprint density at radius 3 is 2.03 bits per heavy atom. The first-order valence-corrected chi connectivity index (χ1v) is 13.0. The molecule has 34 heavy (non-hydrogen) atoms. The molecule has 1 aliphatic carbocycles. The van der Waals surface area contributed by atoms with Gasteiger partial charge in [0.05, 0.1) is 7.11 Å². The van der Waals surface area contributed by atoms with Crippen LogP contribution in [-0.4, -0.2) is 37.2 Å². The molecular formula is C31H36N2O. The van der Waals surface area contributed by atoms with E-state index in [4.69, 9.17) is 4.74 Å². The predicted molar refractivity (Wildman–Crippen MR) is 138 cm³/mol. The molecular weight excluding hydrogens is 416 g/mol. The van der Waals surface area contributed by atoms with Gasteiger partial charge in [-0.3, -0.25) is 4.90 Å². The molecule has 1 N–H and O–H groups in total. The van der Waals surface area contributed by atoms with Crippen LogP contribution in [0.4, 0.5) is 0 Å². The average Bonchev–Trinajstić information content (AvgIpc) is 2.89. The molecule has 7 rings (SSSR count). The molecule has 3 aromatic carbocycles. The second-order valence-corrected chi connectivity index (χ2v) is 10.5. The van der Waals surface area contributed by atoms with Crippen molar-refractivity contribution in [3.63, 3.8) is 0 Å². The molecule has 4 bridgehead atoms. The Balaban J connectivity index is 1.39.